The van der Waals surface area contributed by atoms with E-state index in [2.05, 4.69) is 0 Å². The predicted octanol–water partition coefficient (Wildman–Crippen LogP) is 1.63. The molecule has 0 aliphatic carbocycles. The van der Waals surface area contributed by atoms with E-state index in [1.54, 1.807) is 13.0 Å². The van der Waals surface area contributed by atoms with Gasteiger partial charge in [-0.15, -0.1) is 0 Å². The van der Waals surface area contributed by atoms with Crippen LogP contribution in [0, 0.1) is 0 Å². The molecule has 1 unspecified atom stereocenters. The van der Waals surface area contributed by atoms with Crippen molar-refractivity contribution in [2.24, 2.45) is 0 Å². The van der Waals surface area contributed by atoms with E-state index >= 15 is 0 Å². The zero-order valence-electron chi connectivity index (χ0n) is 7.29. The van der Waals surface area contributed by atoms with Crippen LogP contribution in [0.5, 0.6) is 0 Å². The molecule has 0 radical (unpaired) electrons. The van der Waals surface area contributed by atoms with Crippen LogP contribution in [0.1, 0.15) is 26.2 Å². The molecule has 1 heterocycles. The number of carbonyl (C=O) groups is 1. The van der Waals surface area contributed by atoms with Gasteiger partial charge < -0.3 is 9.47 Å². The topological polar surface area (TPSA) is 35.5 Å². The first-order chi connectivity index (χ1) is 5.83. The van der Waals surface area contributed by atoms with E-state index in [4.69, 9.17) is 9.47 Å². The molecular weight excluding hydrogens is 156 g/mol. The zero-order valence-corrected chi connectivity index (χ0v) is 7.29. The number of allylic oxidation sites excluding steroid dienone is 1. The Morgan fingerprint density at radius 1 is 1.58 bits per heavy atom. The first-order valence-electron chi connectivity index (χ1n) is 4.28. The largest absolute Gasteiger partial charge is 0.433 e. The van der Waals surface area contributed by atoms with Crippen LogP contribution in [0.25, 0.3) is 0 Å². The van der Waals surface area contributed by atoms with Crippen molar-refractivity contribution < 1.29 is 14.3 Å². The molecule has 1 aliphatic rings. The summed E-state index contributed by atoms with van der Waals surface area (Å²) in [6.07, 6.45) is 5.71. The second kappa shape index (κ2) is 4.93. The first-order valence-corrected chi connectivity index (χ1v) is 4.28. The van der Waals surface area contributed by atoms with Gasteiger partial charge in [0.05, 0.1) is 6.61 Å². The molecule has 68 valence electrons. The van der Waals surface area contributed by atoms with Crippen LogP contribution in [-0.4, -0.2) is 18.9 Å². The minimum absolute atomic E-state index is 0.315. The molecule has 1 rings (SSSR count). The van der Waals surface area contributed by atoms with Gasteiger partial charge in [-0.3, -0.25) is 0 Å². The Labute approximate surface area is 72.4 Å². The third-order valence-corrected chi connectivity index (χ3v) is 1.69. The second-order valence-corrected chi connectivity index (χ2v) is 2.73. The van der Waals surface area contributed by atoms with Gasteiger partial charge in [0.1, 0.15) is 0 Å². The Morgan fingerprint density at radius 2 is 2.42 bits per heavy atom. The summed E-state index contributed by atoms with van der Waals surface area (Å²) in [5, 5.41) is 0. The fourth-order valence-electron chi connectivity index (χ4n) is 1.11. The summed E-state index contributed by atoms with van der Waals surface area (Å²) >= 11 is 0. The quantitative estimate of drug-likeness (QED) is 0.466. The molecule has 12 heavy (non-hydrogen) atoms. The average molecular weight is 170 g/mol. The van der Waals surface area contributed by atoms with E-state index in [1.807, 2.05) is 0 Å². The van der Waals surface area contributed by atoms with Crippen molar-refractivity contribution >= 4 is 5.97 Å². The highest BCUT2D eigenvalue weighted by atomic mass is 16.7. The molecular formula is C9H14O3. The van der Waals surface area contributed by atoms with E-state index in [0.717, 1.165) is 19.3 Å². The molecule has 1 aliphatic heterocycles. The summed E-state index contributed by atoms with van der Waals surface area (Å²) < 4.78 is 10.2. The predicted molar refractivity (Wildman–Crippen MR) is 44.5 cm³/mol. The van der Waals surface area contributed by atoms with Crippen LogP contribution in [-0.2, 0) is 14.3 Å². The van der Waals surface area contributed by atoms with Crippen LogP contribution in [0.4, 0.5) is 0 Å². The molecule has 0 bridgehead atoms. The fraction of sp³-hybridized carbons (Fsp3) is 0.667. The Balaban J connectivity index is 2.24. The minimum Gasteiger partial charge on any atom is -0.433 e. The summed E-state index contributed by atoms with van der Waals surface area (Å²) in [6, 6.07) is 0. The lowest BCUT2D eigenvalue weighted by Crippen LogP contribution is -2.24. The van der Waals surface area contributed by atoms with Crippen LogP contribution in [0.2, 0.25) is 0 Å². The summed E-state index contributed by atoms with van der Waals surface area (Å²) in [5.74, 6) is -0.315. The van der Waals surface area contributed by atoms with E-state index in [9.17, 15) is 4.79 Å². The lowest BCUT2D eigenvalue weighted by molar-refractivity contribution is -0.181. The van der Waals surface area contributed by atoms with Crippen LogP contribution < -0.4 is 0 Å². The molecule has 1 atom stereocenters. The number of carbonyl (C=O) groups excluding carboxylic acids is 1. The molecule has 0 aromatic heterocycles. The maximum Gasteiger partial charge on any atom is 0.332 e. The normalized spacial score (nSPS) is 24.2. The molecule has 3 nitrogen and oxygen atoms in total. The highest BCUT2D eigenvalue weighted by molar-refractivity contribution is 5.81. The molecule has 0 aromatic rings. The van der Waals surface area contributed by atoms with Gasteiger partial charge in [0.2, 0.25) is 6.29 Å². The monoisotopic (exact) mass is 170 g/mol. The molecule has 0 aromatic carbocycles. The maximum absolute atomic E-state index is 10.9. The zero-order chi connectivity index (χ0) is 8.81. The first kappa shape index (κ1) is 9.26. The van der Waals surface area contributed by atoms with Crippen molar-refractivity contribution in [2.45, 2.75) is 32.5 Å². The van der Waals surface area contributed by atoms with Crippen molar-refractivity contribution in [3.8, 4) is 0 Å². The lowest BCUT2D eigenvalue weighted by Gasteiger charge is -2.21. The van der Waals surface area contributed by atoms with Crippen molar-refractivity contribution in [1.82, 2.24) is 0 Å². The Hall–Kier alpha value is -0.830. The van der Waals surface area contributed by atoms with Crippen molar-refractivity contribution in [3.05, 3.63) is 12.2 Å². The highest BCUT2D eigenvalue weighted by Gasteiger charge is 2.16. The smallest absolute Gasteiger partial charge is 0.332 e. The van der Waals surface area contributed by atoms with Gasteiger partial charge in [0.15, 0.2) is 0 Å². The number of rotatable bonds is 2. The maximum atomic E-state index is 10.9. The molecule has 0 saturated carbocycles. The van der Waals surface area contributed by atoms with Gasteiger partial charge in [-0.05, 0) is 19.8 Å². The summed E-state index contributed by atoms with van der Waals surface area (Å²) in [5.41, 5.74) is 0. The van der Waals surface area contributed by atoms with Gasteiger partial charge in [-0.25, -0.2) is 4.79 Å². The van der Waals surface area contributed by atoms with E-state index in [0.29, 0.717) is 6.61 Å². The SMILES string of the molecule is C/C=C/C(=O)OC1CCCCO1. The standard InChI is InChI=1S/C9H14O3/c1-2-5-8(10)12-9-6-3-4-7-11-9/h2,5,9H,3-4,6-7H2,1H3/b5-2+. The third kappa shape index (κ3) is 3.05. The summed E-state index contributed by atoms with van der Waals surface area (Å²) in [6.45, 7) is 2.48. The number of esters is 1. The molecule has 3 heteroatoms. The Kier molecular flexibility index (Phi) is 3.80. The molecule has 1 fully saturated rings. The van der Waals surface area contributed by atoms with Crippen molar-refractivity contribution in [1.29, 1.82) is 0 Å². The van der Waals surface area contributed by atoms with Crippen LogP contribution in [0.3, 0.4) is 0 Å². The fourth-order valence-corrected chi connectivity index (χ4v) is 1.11. The van der Waals surface area contributed by atoms with E-state index in [1.165, 1.54) is 6.08 Å². The third-order valence-electron chi connectivity index (χ3n) is 1.69. The molecule has 0 N–H and O–H groups in total. The molecule has 0 amide bonds. The number of hydrogen-bond acceptors (Lipinski definition) is 3. The van der Waals surface area contributed by atoms with Crippen molar-refractivity contribution in [2.75, 3.05) is 6.61 Å². The van der Waals surface area contributed by atoms with Gasteiger partial charge in [0.25, 0.3) is 0 Å². The van der Waals surface area contributed by atoms with E-state index in [-0.39, 0.29) is 12.3 Å². The lowest BCUT2D eigenvalue weighted by atomic mass is 10.2. The van der Waals surface area contributed by atoms with Crippen LogP contribution >= 0.6 is 0 Å². The Bertz CT molecular complexity index is 169. The van der Waals surface area contributed by atoms with Gasteiger partial charge in [0, 0.05) is 12.5 Å². The second-order valence-electron chi connectivity index (χ2n) is 2.73. The average Bonchev–Trinajstić information content (AvgIpc) is 2.06. The van der Waals surface area contributed by atoms with Crippen molar-refractivity contribution in [3.63, 3.8) is 0 Å². The minimum atomic E-state index is -0.317. The summed E-state index contributed by atoms with van der Waals surface area (Å²) in [7, 11) is 0. The molecule has 1 saturated heterocycles. The van der Waals surface area contributed by atoms with Gasteiger partial charge in [-0.2, -0.15) is 0 Å². The molecule has 0 spiro atoms. The van der Waals surface area contributed by atoms with Gasteiger partial charge in [-0.1, -0.05) is 6.08 Å². The van der Waals surface area contributed by atoms with E-state index < -0.39 is 0 Å². The number of ether oxygens (including phenoxy) is 2. The Morgan fingerprint density at radius 3 is 3.00 bits per heavy atom. The highest BCUT2D eigenvalue weighted by Crippen LogP contribution is 2.13. The van der Waals surface area contributed by atoms with Gasteiger partial charge >= 0.3 is 5.97 Å². The van der Waals surface area contributed by atoms with Crippen LogP contribution in [0.15, 0.2) is 12.2 Å². The summed E-state index contributed by atoms with van der Waals surface area (Å²) in [4.78, 5) is 10.9. The number of hydrogen-bond donors (Lipinski definition) is 0.